The predicted octanol–water partition coefficient (Wildman–Crippen LogP) is 2.53. The number of nitrogens with one attached hydrogen (secondary N) is 1. The second kappa shape index (κ2) is 6.30. The van der Waals surface area contributed by atoms with E-state index in [2.05, 4.69) is 48.0 Å². The standard InChI is InChI=1S/C12H22N4/c1-5-7-10(3)16(4)12-8-11(13-6-2)14-9-15-12/h8-10H,5-7H2,1-4H3,(H,13,14,15). The van der Waals surface area contributed by atoms with E-state index < -0.39 is 0 Å². The van der Waals surface area contributed by atoms with E-state index in [1.807, 2.05) is 6.07 Å². The van der Waals surface area contributed by atoms with Crippen molar-refractivity contribution in [1.82, 2.24) is 9.97 Å². The lowest BCUT2D eigenvalue weighted by atomic mass is 10.2. The zero-order valence-corrected chi connectivity index (χ0v) is 10.7. The summed E-state index contributed by atoms with van der Waals surface area (Å²) in [4.78, 5) is 10.7. The average molecular weight is 222 g/mol. The predicted molar refractivity (Wildman–Crippen MR) is 69.0 cm³/mol. The lowest BCUT2D eigenvalue weighted by molar-refractivity contribution is 0.611. The fourth-order valence-corrected chi connectivity index (χ4v) is 1.65. The molecule has 0 aliphatic carbocycles. The maximum atomic E-state index is 4.30. The first-order chi connectivity index (χ1) is 7.69. The highest BCUT2D eigenvalue weighted by molar-refractivity contribution is 5.48. The molecule has 4 heteroatoms. The van der Waals surface area contributed by atoms with Crippen molar-refractivity contribution in [3.05, 3.63) is 12.4 Å². The van der Waals surface area contributed by atoms with Gasteiger partial charge in [-0.2, -0.15) is 0 Å². The SMILES string of the molecule is CCCC(C)N(C)c1cc(NCC)ncn1. The van der Waals surface area contributed by atoms with E-state index in [4.69, 9.17) is 0 Å². The number of hydrogen-bond acceptors (Lipinski definition) is 4. The lowest BCUT2D eigenvalue weighted by Crippen LogP contribution is -2.29. The van der Waals surface area contributed by atoms with Gasteiger partial charge >= 0.3 is 0 Å². The van der Waals surface area contributed by atoms with Crippen LogP contribution in [-0.2, 0) is 0 Å². The Morgan fingerprint density at radius 1 is 1.38 bits per heavy atom. The van der Waals surface area contributed by atoms with E-state index in [0.29, 0.717) is 6.04 Å². The van der Waals surface area contributed by atoms with Gasteiger partial charge in [0.05, 0.1) is 0 Å². The number of hydrogen-bond donors (Lipinski definition) is 1. The van der Waals surface area contributed by atoms with E-state index in [-0.39, 0.29) is 0 Å². The molecule has 1 rings (SSSR count). The highest BCUT2D eigenvalue weighted by Crippen LogP contribution is 2.16. The number of anilines is 2. The molecule has 1 N–H and O–H groups in total. The Morgan fingerprint density at radius 3 is 2.75 bits per heavy atom. The van der Waals surface area contributed by atoms with Crippen LogP contribution in [0.5, 0.6) is 0 Å². The van der Waals surface area contributed by atoms with E-state index in [9.17, 15) is 0 Å². The first-order valence-electron chi connectivity index (χ1n) is 5.97. The second-order valence-corrected chi connectivity index (χ2v) is 4.04. The minimum Gasteiger partial charge on any atom is -0.370 e. The molecule has 0 bridgehead atoms. The van der Waals surface area contributed by atoms with Crippen molar-refractivity contribution in [3.8, 4) is 0 Å². The van der Waals surface area contributed by atoms with Crippen molar-refractivity contribution in [2.24, 2.45) is 0 Å². The molecular weight excluding hydrogens is 200 g/mol. The van der Waals surface area contributed by atoms with Gasteiger partial charge in [-0.3, -0.25) is 0 Å². The van der Waals surface area contributed by atoms with Gasteiger partial charge in [0.25, 0.3) is 0 Å². The number of rotatable bonds is 6. The van der Waals surface area contributed by atoms with Gasteiger partial charge in [-0.25, -0.2) is 9.97 Å². The molecule has 1 unspecified atom stereocenters. The Labute approximate surface area is 98.1 Å². The maximum absolute atomic E-state index is 4.30. The Bertz CT molecular complexity index is 314. The first-order valence-corrected chi connectivity index (χ1v) is 5.97. The van der Waals surface area contributed by atoms with Crippen LogP contribution in [-0.4, -0.2) is 29.6 Å². The summed E-state index contributed by atoms with van der Waals surface area (Å²) in [6, 6.07) is 2.50. The van der Waals surface area contributed by atoms with Gasteiger partial charge in [0.15, 0.2) is 0 Å². The quantitative estimate of drug-likeness (QED) is 0.803. The van der Waals surface area contributed by atoms with Crippen molar-refractivity contribution in [3.63, 3.8) is 0 Å². The van der Waals surface area contributed by atoms with Gasteiger partial charge in [0.1, 0.15) is 18.0 Å². The molecule has 0 saturated heterocycles. The Hall–Kier alpha value is -1.32. The molecule has 0 radical (unpaired) electrons. The zero-order chi connectivity index (χ0) is 12.0. The Kier molecular flexibility index (Phi) is 5.02. The van der Waals surface area contributed by atoms with E-state index in [0.717, 1.165) is 18.2 Å². The molecule has 0 spiro atoms. The van der Waals surface area contributed by atoms with Crippen LogP contribution in [0.2, 0.25) is 0 Å². The van der Waals surface area contributed by atoms with Gasteiger partial charge < -0.3 is 10.2 Å². The molecule has 0 aliphatic rings. The van der Waals surface area contributed by atoms with Crippen LogP contribution < -0.4 is 10.2 Å². The van der Waals surface area contributed by atoms with Crippen LogP contribution in [0.4, 0.5) is 11.6 Å². The van der Waals surface area contributed by atoms with Crippen LogP contribution in [0.25, 0.3) is 0 Å². The van der Waals surface area contributed by atoms with Crippen molar-refractivity contribution < 1.29 is 0 Å². The summed E-state index contributed by atoms with van der Waals surface area (Å²) in [6.07, 6.45) is 3.98. The molecule has 1 atom stereocenters. The molecule has 1 aromatic heterocycles. The summed E-state index contributed by atoms with van der Waals surface area (Å²) >= 11 is 0. The van der Waals surface area contributed by atoms with Crippen LogP contribution in [0.1, 0.15) is 33.6 Å². The average Bonchev–Trinajstić information content (AvgIpc) is 2.29. The van der Waals surface area contributed by atoms with Crippen molar-refractivity contribution in [1.29, 1.82) is 0 Å². The van der Waals surface area contributed by atoms with Gasteiger partial charge in [-0.15, -0.1) is 0 Å². The van der Waals surface area contributed by atoms with Crippen molar-refractivity contribution in [2.45, 2.75) is 39.7 Å². The molecule has 16 heavy (non-hydrogen) atoms. The molecule has 90 valence electrons. The summed E-state index contributed by atoms with van der Waals surface area (Å²) in [6.45, 7) is 7.36. The third-order valence-corrected chi connectivity index (χ3v) is 2.74. The Balaban J connectivity index is 2.74. The normalized spacial score (nSPS) is 12.2. The molecule has 1 heterocycles. The topological polar surface area (TPSA) is 41.0 Å². The summed E-state index contributed by atoms with van der Waals surface area (Å²) in [5.74, 6) is 1.87. The summed E-state index contributed by atoms with van der Waals surface area (Å²) < 4.78 is 0. The smallest absolute Gasteiger partial charge is 0.134 e. The third kappa shape index (κ3) is 3.36. The van der Waals surface area contributed by atoms with Crippen LogP contribution in [0, 0.1) is 0 Å². The zero-order valence-electron chi connectivity index (χ0n) is 10.7. The Morgan fingerprint density at radius 2 is 2.12 bits per heavy atom. The molecule has 0 fully saturated rings. The van der Waals surface area contributed by atoms with Crippen LogP contribution in [0.15, 0.2) is 12.4 Å². The molecule has 1 aromatic rings. The first kappa shape index (κ1) is 12.7. The monoisotopic (exact) mass is 222 g/mol. The van der Waals surface area contributed by atoms with Crippen molar-refractivity contribution in [2.75, 3.05) is 23.8 Å². The van der Waals surface area contributed by atoms with Gasteiger partial charge in [0, 0.05) is 25.7 Å². The number of aromatic nitrogens is 2. The molecular formula is C12H22N4. The van der Waals surface area contributed by atoms with Gasteiger partial charge in [-0.1, -0.05) is 13.3 Å². The highest BCUT2D eigenvalue weighted by atomic mass is 15.2. The van der Waals surface area contributed by atoms with Crippen LogP contribution >= 0.6 is 0 Å². The molecule has 0 saturated carbocycles. The van der Waals surface area contributed by atoms with E-state index >= 15 is 0 Å². The summed E-state index contributed by atoms with van der Waals surface area (Å²) in [5.41, 5.74) is 0. The minimum absolute atomic E-state index is 0.509. The second-order valence-electron chi connectivity index (χ2n) is 4.04. The van der Waals surface area contributed by atoms with Gasteiger partial charge in [-0.05, 0) is 20.3 Å². The van der Waals surface area contributed by atoms with Gasteiger partial charge in [0.2, 0.25) is 0 Å². The van der Waals surface area contributed by atoms with Crippen molar-refractivity contribution >= 4 is 11.6 Å². The fourth-order valence-electron chi connectivity index (χ4n) is 1.65. The largest absolute Gasteiger partial charge is 0.370 e. The summed E-state index contributed by atoms with van der Waals surface area (Å²) in [5, 5.41) is 3.20. The minimum atomic E-state index is 0.509. The molecule has 0 amide bonds. The van der Waals surface area contributed by atoms with E-state index in [1.54, 1.807) is 6.33 Å². The molecule has 4 nitrogen and oxygen atoms in total. The molecule has 0 aliphatic heterocycles. The third-order valence-electron chi connectivity index (χ3n) is 2.74. The highest BCUT2D eigenvalue weighted by Gasteiger charge is 2.10. The fraction of sp³-hybridized carbons (Fsp3) is 0.667. The van der Waals surface area contributed by atoms with E-state index in [1.165, 1.54) is 12.8 Å². The number of nitrogens with zero attached hydrogens (tertiary/aromatic N) is 3. The maximum Gasteiger partial charge on any atom is 0.134 e. The van der Waals surface area contributed by atoms with Crippen LogP contribution in [0.3, 0.4) is 0 Å². The molecule has 0 aromatic carbocycles. The lowest BCUT2D eigenvalue weighted by Gasteiger charge is -2.25. The summed E-state index contributed by atoms with van der Waals surface area (Å²) in [7, 11) is 2.08.